The number of ether oxygens (including phenoxy) is 2. The summed E-state index contributed by atoms with van der Waals surface area (Å²) in [6, 6.07) is 16.2. The summed E-state index contributed by atoms with van der Waals surface area (Å²) in [5.74, 6) is 0. The van der Waals surface area contributed by atoms with Gasteiger partial charge in [0.25, 0.3) is 6.47 Å². The van der Waals surface area contributed by atoms with Crippen molar-refractivity contribution >= 4 is 57.8 Å². The predicted octanol–water partition coefficient (Wildman–Crippen LogP) is 4.27. The van der Waals surface area contributed by atoms with E-state index in [2.05, 4.69) is 36.4 Å². The van der Waals surface area contributed by atoms with E-state index in [-0.39, 0.29) is 134 Å². The van der Waals surface area contributed by atoms with Gasteiger partial charge in [-0.3, -0.25) is 14.6 Å². The van der Waals surface area contributed by atoms with Gasteiger partial charge in [0.2, 0.25) is 0 Å². The summed E-state index contributed by atoms with van der Waals surface area (Å²) in [6.45, 7) is 20.9. The molecule has 0 radical (unpaired) electrons. The minimum Gasteiger partial charge on any atom is -1.00 e. The van der Waals surface area contributed by atoms with E-state index in [4.69, 9.17) is 42.7 Å². The van der Waals surface area contributed by atoms with Crippen LogP contribution in [-0.2, 0) is 56.1 Å². The minimum absolute atomic E-state index is 0. The quantitative estimate of drug-likeness (QED) is 0.0915. The molecule has 3 fully saturated rings. The number of halogens is 12. The first kappa shape index (κ1) is 76.2. The third-order valence-electron chi connectivity index (χ3n) is 9.77. The van der Waals surface area contributed by atoms with Gasteiger partial charge in [0.1, 0.15) is 11.2 Å². The monoisotopic (exact) mass is 1240 g/mol. The SMILES string of the molecule is CC(C)(C)OC(=O)N1CCN(Cc2cccc(C(F)(F)F)c2)CC1.CC(C)(C)OC(=O)N1CCNCC1.ClCCl.FC(F)(F)c1cccc(CBr)c1.FC(F)(F)c1cccc(CN2CCNCC2)c1.O=CO[O-].[H-].[K+].[K+]. The molecule has 0 atom stereocenters. The first-order chi connectivity index (χ1) is 34.0. The molecule has 2 N–H and O–H groups in total. The van der Waals surface area contributed by atoms with Crippen molar-refractivity contribution in [1.82, 2.24) is 30.2 Å². The van der Waals surface area contributed by atoms with Crippen molar-refractivity contribution in [3.05, 3.63) is 106 Å². The zero-order valence-electron chi connectivity index (χ0n) is 44.5. The molecule has 0 aromatic heterocycles. The molecular weight excluding hydrogens is 1170 g/mol. The fraction of sp³-hybridized carbons (Fsp3) is 0.562. The summed E-state index contributed by atoms with van der Waals surface area (Å²) >= 11 is 12.6. The molecule has 2 amide bonds. The van der Waals surface area contributed by atoms with Gasteiger partial charge in [-0.25, -0.2) is 9.59 Å². The first-order valence-electron chi connectivity index (χ1n) is 22.7. The zero-order chi connectivity index (χ0) is 55.5. The average molecular weight is 1240 g/mol. The molecule has 13 nitrogen and oxygen atoms in total. The van der Waals surface area contributed by atoms with Crippen LogP contribution in [0.4, 0.5) is 49.1 Å². The number of amides is 2. The number of nitrogens with zero attached hydrogens (tertiary/aromatic N) is 4. The van der Waals surface area contributed by atoms with E-state index in [1.807, 2.05) is 46.4 Å². The molecule has 3 aliphatic heterocycles. The van der Waals surface area contributed by atoms with Crippen LogP contribution in [0.5, 0.6) is 0 Å². The maximum atomic E-state index is 12.8. The number of carbonyl (C=O) groups is 3. The van der Waals surface area contributed by atoms with E-state index >= 15 is 0 Å². The molecule has 75 heavy (non-hydrogen) atoms. The molecule has 0 unspecified atom stereocenters. The number of carbonyl (C=O) groups excluding carboxylic acids is 3. The van der Waals surface area contributed by atoms with Crippen LogP contribution in [0.3, 0.4) is 0 Å². The van der Waals surface area contributed by atoms with E-state index in [0.717, 1.165) is 82.2 Å². The van der Waals surface area contributed by atoms with Crippen LogP contribution >= 0.6 is 39.1 Å². The number of nitrogens with one attached hydrogen (secondary N) is 2. The normalized spacial score (nSPS) is 15.2. The summed E-state index contributed by atoms with van der Waals surface area (Å²) in [7, 11) is 0. The molecular formula is C48H66BrCl2F9K2N6O7. The van der Waals surface area contributed by atoms with E-state index in [9.17, 15) is 49.1 Å². The Kier molecular flexibility index (Phi) is 39.4. The Hall–Kier alpha value is -0.827. The van der Waals surface area contributed by atoms with E-state index in [1.54, 1.807) is 28.0 Å². The van der Waals surface area contributed by atoms with Crippen molar-refractivity contribution in [2.24, 2.45) is 0 Å². The van der Waals surface area contributed by atoms with Crippen LogP contribution in [0.1, 0.15) is 76.3 Å². The maximum absolute atomic E-state index is 12.8. The molecule has 0 spiro atoms. The second kappa shape index (κ2) is 38.8. The van der Waals surface area contributed by atoms with Gasteiger partial charge in [-0.05, 0) is 76.4 Å². The van der Waals surface area contributed by atoms with E-state index in [0.29, 0.717) is 55.7 Å². The molecule has 6 rings (SSSR count). The molecule has 0 bridgehead atoms. The molecule has 3 saturated heterocycles. The standard InChI is InChI=1S/C17H23F3N2O2.C12H15F3N2.C9H18N2O2.C8H6BrF3.CH2Cl2.CH2O3.2K.H/c1-16(2,3)24-15(23)22-9-7-21(8-10-22)12-13-5-4-6-14(11-13)17(18,19)20;13-12(14,15)11-3-1-2-10(8-11)9-17-6-4-16-5-7-17;1-9(2,3)13-8(12)11-6-4-10-5-7-11;9-5-6-2-1-3-7(4-6)8(10,11)12;2-1-3;2-1-4-3;;;/h4-6,11H,7-10,12H2,1-3H3;1-3,8,16H,4-7,9H2;10H,4-7H2,1-3H3;1-4H,5H2;1H2;1,3H;;;/q;;;;;;2*+1;-1/p-1. The predicted molar refractivity (Wildman–Crippen MR) is 264 cm³/mol. The molecule has 0 aliphatic carbocycles. The molecule has 0 saturated carbocycles. The van der Waals surface area contributed by atoms with Crippen LogP contribution in [0.15, 0.2) is 72.8 Å². The van der Waals surface area contributed by atoms with Crippen LogP contribution in [0, 0.1) is 0 Å². The van der Waals surface area contributed by atoms with Crippen molar-refractivity contribution in [3.8, 4) is 0 Å². The number of alkyl halides is 12. The minimum atomic E-state index is -4.33. The Bertz CT molecular complexity index is 2070. The third kappa shape index (κ3) is 35.5. The van der Waals surface area contributed by atoms with Gasteiger partial charge in [0.15, 0.2) is 0 Å². The Morgan fingerprint density at radius 1 is 0.587 bits per heavy atom. The molecule has 416 valence electrons. The second-order valence-electron chi connectivity index (χ2n) is 18.0. The van der Waals surface area contributed by atoms with Crippen LogP contribution in [0.25, 0.3) is 0 Å². The number of piperazine rings is 3. The van der Waals surface area contributed by atoms with Crippen LogP contribution in [0.2, 0.25) is 0 Å². The molecule has 27 heteroatoms. The van der Waals surface area contributed by atoms with E-state index < -0.39 is 40.8 Å². The van der Waals surface area contributed by atoms with Crippen molar-refractivity contribution in [2.45, 2.75) is 89.7 Å². The summed E-state index contributed by atoms with van der Waals surface area (Å²) < 4.78 is 123. The van der Waals surface area contributed by atoms with Gasteiger partial charge in [0, 0.05) is 97.0 Å². The van der Waals surface area contributed by atoms with Crippen molar-refractivity contribution < 1.29 is 178 Å². The fourth-order valence-electron chi connectivity index (χ4n) is 6.50. The topological polar surface area (TPSA) is 139 Å². The maximum Gasteiger partial charge on any atom is 1.00 e. The number of hydrogen-bond acceptors (Lipinski definition) is 11. The Morgan fingerprint density at radius 3 is 1.19 bits per heavy atom. The summed E-state index contributed by atoms with van der Waals surface area (Å²) in [4.78, 5) is 42.3. The molecule has 3 aromatic carbocycles. The van der Waals surface area contributed by atoms with Gasteiger partial charge in [-0.1, -0.05) is 70.5 Å². The number of hydrogen-bond donors (Lipinski definition) is 2. The Labute approximate surface area is 538 Å². The summed E-state index contributed by atoms with van der Waals surface area (Å²) in [5, 5.41) is 15.5. The fourth-order valence-corrected chi connectivity index (χ4v) is 6.85. The average Bonchev–Trinajstić information content (AvgIpc) is 3.32. The first-order valence-corrected chi connectivity index (χ1v) is 24.9. The van der Waals surface area contributed by atoms with Gasteiger partial charge in [-0.2, -0.15) is 39.5 Å². The van der Waals surface area contributed by atoms with Crippen molar-refractivity contribution in [1.29, 1.82) is 0 Å². The van der Waals surface area contributed by atoms with E-state index in [1.165, 1.54) is 30.3 Å². The Morgan fingerprint density at radius 2 is 0.880 bits per heavy atom. The van der Waals surface area contributed by atoms with Gasteiger partial charge in [-0.15, -0.1) is 23.2 Å². The molecule has 3 aromatic rings. The van der Waals surface area contributed by atoms with Crippen LogP contribution < -0.4 is 119 Å². The summed E-state index contributed by atoms with van der Waals surface area (Å²) in [5.41, 5.74) is -0.743. The van der Waals surface area contributed by atoms with Crippen molar-refractivity contribution in [2.75, 3.05) is 83.9 Å². The second-order valence-corrected chi connectivity index (χ2v) is 19.4. The third-order valence-corrected chi connectivity index (χ3v) is 10.4. The zero-order valence-corrected chi connectivity index (χ0v) is 52.8. The van der Waals surface area contributed by atoms with Crippen LogP contribution in [-0.4, -0.2) is 133 Å². The smallest absolute Gasteiger partial charge is 1.00 e. The largest absolute Gasteiger partial charge is 1.00 e. The number of rotatable bonds is 6. The number of benzene rings is 3. The molecule has 3 aliphatic rings. The van der Waals surface area contributed by atoms with Gasteiger partial charge in [0.05, 0.1) is 22.0 Å². The summed E-state index contributed by atoms with van der Waals surface area (Å²) in [6.07, 6.45) is -13.4. The van der Waals surface area contributed by atoms with Gasteiger partial charge >= 0.3 is 133 Å². The molecule has 3 heterocycles. The van der Waals surface area contributed by atoms with Gasteiger partial charge < -0.3 is 41.5 Å². The Balaban J connectivity index is -0.000000912. The van der Waals surface area contributed by atoms with Crippen molar-refractivity contribution in [3.63, 3.8) is 0 Å².